The number of para-hydroxylation sites is 1. The quantitative estimate of drug-likeness (QED) is 0.812. The van der Waals surface area contributed by atoms with Crippen LogP contribution in [0.1, 0.15) is 10.4 Å². The van der Waals surface area contributed by atoms with Crippen LogP contribution in [0, 0.1) is 5.82 Å². The molecule has 0 aliphatic rings. The van der Waals surface area contributed by atoms with Crippen LogP contribution in [-0.4, -0.2) is 16.1 Å². The van der Waals surface area contributed by atoms with Gasteiger partial charge in [0, 0.05) is 11.6 Å². The normalized spacial score (nSPS) is 10.5. The number of halogens is 2. The molecule has 1 N–H and O–H groups in total. The van der Waals surface area contributed by atoms with Crippen LogP contribution in [0.3, 0.4) is 0 Å². The molecule has 1 heterocycles. The molecule has 0 saturated carbocycles. The van der Waals surface area contributed by atoms with Gasteiger partial charge in [-0.05, 0) is 6.07 Å². The van der Waals surface area contributed by atoms with E-state index in [0.717, 1.165) is 6.20 Å². The highest BCUT2D eigenvalue weighted by molar-refractivity contribution is 6.38. The average molecular weight is 226 g/mol. The van der Waals surface area contributed by atoms with Crippen molar-refractivity contribution < 1.29 is 14.3 Å². The summed E-state index contributed by atoms with van der Waals surface area (Å²) in [5, 5.41) is 9.09. The summed E-state index contributed by atoms with van der Waals surface area (Å²) in [4.78, 5) is 14.5. The molecule has 0 atom stereocenters. The van der Waals surface area contributed by atoms with Crippen molar-refractivity contribution in [2.45, 2.75) is 0 Å². The Morgan fingerprint density at radius 1 is 1.47 bits per heavy atom. The van der Waals surface area contributed by atoms with Gasteiger partial charge in [0.05, 0.1) is 10.6 Å². The fraction of sp³-hybridized carbons (Fsp3) is 0. The van der Waals surface area contributed by atoms with E-state index in [0.29, 0.717) is 5.39 Å². The van der Waals surface area contributed by atoms with E-state index in [1.165, 1.54) is 18.2 Å². The Morgan fingerprint density at radius 2 is 2.20 bits per heavy atom. The summed E-state index contributed by atoms with van der Waals surface area (Å²) >= 11 is 5.82. The Bertz CT molecular complexity index is 556. The second kappa shape index (κ2) is 3.47. The lowest BCUT2D eigenvalue weighted by atomic mass is 10.1. The summed E-state index contributed by atoms with van der Waals surface area (Å²) in [5.41, 5.74) is -0.0535. The molecule has 0 fully saturated rings. The number of fused-ring (bicyclic) bond motifs is 1. The Hall–Kier alpha value is -1.68. The molecule has 76 valence electrons. The topological polar surface area (TPSA) is 50.2 Å². The molecule has 1 aromatic heterocycles. The maximum absolute atomic E-state index is 13.2. The molecule has 0 amide bonds. The van der Waals surface area contributed by atoms with E-state index in [4.69, 9.17) is 16.7 Å². The first kappa shape index (κ1) is 9.86. The smallest absolute Gasteiger partial charge is 0.338 e. The van der Waals surface area contributed by atoms with Crippen LogP contribution < -0.4 is 0 Å². The molecule has 0 aliphatic heterocycles. The predicted molar refractivity (Wildman–Crippen MR) is 53.7 cm³/mol. The zero-order valence-electron chi connectivity index (χ0n) is 7.37. The number of aromatic carboxylic acids is 1. The van der Waals surface area contributed by atoms with Gasteiger partial charge in [-0.25, -0.2) is 9.18 Å². The van der Waals surface area contributed by atoms with E-state index < -0.39 is 11.8 Å². The molecular formula is C10H5ClFNO2. The van der Waals surface area contributed by atoms with Gasteiger partial charge in [0.2, 0.25) is 0 Å². The Balaban J connectivity index is 2.86. The minimum atomic E-state index is -1.18. The first-order valence-electron chi connectivity index (χ1n) is 4.07. The van der Waals surface area contributed by atoms with E-state index in [2.05, 4.69) is 4.98 Å². The van der Waals surface area contributed by atoms with Crippen molar-refractivity contribution in [2.75, 3.05) is 0 Å². The van der Waals surface area contributed by atoms with Crippen molar-refractivity contribution in [3.8, 4) is 0 Å². The average Bonchev–Trinajstić information content (AvgIpc) is 2.19. The molecule has 3 nitrogen and oxygen atoms in total. The van der Waals surface area contributed by atoms with Crippen molar-refractivity contribution in [2.24, 2.45) is 0 Å². The molecule has 0 radical (unpaired) electrons. The first-order chi connectivity index (χ1) is 7.11. The van der Waals surface area contributed by atoms with E-state index >= 15 is 0 Å². The van der Waals surface area contributed by atoms with Crippen molar-refractivity contribution in [1.82, 2.24) is 4.98 Å². The molecule has 0 spiro atoms. The highest BCUT2D eigenvalue weighted by atomic mass is 35.5. The number of carbonyl (C=O) groups is 1. The number of carboxylic acid groups (broad SMARTS) is 1. The third kappa shape index (κ3) is 1.53. The molecule has 0 bridgehead atoms. The molecular weight excluding hydrogens is 221 g/mol. The second-order valence-electron chi connectivity index (χ2n) is 2.93. The lowest BCUT2D eigenvalue weighted by molar-refractivity contribution is 0.0697. The maximum atomic E-state index is 13.2. The summed E-state index contributed by atoms with van der Waals surface area (Å²) < 4.78 is 13.2. The van der Waals surface area contributed by atoms with Crippen LogP contribution in [0.15, 0.2) is 24.4 Å². The summed E-state index contributed by atoms with van der Waals surface area (Å²) in [7, 11) is 0. The van der Waals surface area contributed by atoms with Gasteiger partial charge in [-0.2, -0.15) is 0 Å². The lowest BCUT2D eigenvalue weighted by Gasteiger charge is -2.03. The van der Waals surface area contributed by atoms with Crippen molar-refractivity contribution in [3.63, 3.8) is 0 Å². The zero-order chi connectivity index (χ0) is 11.0. The van der Waals surface area contributed by atoms with Crippen LogP contribution in [0.2, 0.25) is 5.02 Å². The fourth-order valence-electron chi connectivity index (χ4n) is 1.30. The Morgan fingerprint density at radius 3 is 2.87 bits per heavy atom. The minimum Gasteiger partial charge on any atom is -0.478 e. The van der Waals surface area contributed by atoms with Crippen LogP contribution in [0.5, 0.6) is 0 Å². The van der Waals surface area contributed by atoms with Crippen molar-refractivity contribution >= 4 is 28.5 Å². The summed E-state index contributed by atoms with van der Waals surface area (Å²) in [6.45, 7) is 0. The van der Waals surface area contributed by atoms with E-state index in [1.54, 1.807) is 0 Å². The van der Waals surface area contributed by atoms with Crippen LogP contribution in [0.4, 0.5) is 4.39 Å². The third-order valence-corrected chi connectivity index (χ3v) is 2.42. The molecule has 0 aliphatic carbocycles. The monoisotopic (exact) mass is 225 g/mol. The molecule has 1 aromatic carbocycles. The largest absolute Gasteiger partial charge is 0.478 e. The highest BCUT2D eigenvalue weighted by Gasteiger charge is 2.14. The molecule has 5 heteroatoms. The molecule has 0 saturated heterocycles. The number of hydrogen-bond acceptors (Lipinski definition) is 2. The van der Waals surface area contributed by atoms with Crippen LogP contribution in [-0.2, 0) is 0 Å². The number of benzene rings is 1. The Kier molecular flexibility index (Phi) is 2.28. The number of pyridine rings is 1. The van der Waals surface area contributed by atoms with E-state index in [1.807, 2.05) is 0 Å². The van der Waals surface area contributed by atoms with Crippen molar-refractivity contribution in [3.05, 3.63) is 40.8 Å². The Labute approximate surface area is 89.1 Å². The number of carboxylic acids is 1. The fourth-order valence-corrected chi connectivity index (χ4v) is 1.59. The van der Waals surface area contributed by atoms with Gasteiger partial charge >= 0.3 is 5.97 Å². The highest BCUT2D eigenvalue weighted by Crippen LogP contribution is 2.26. The van der Waals surface area contributed by atoms with Gasteiger partial charge in [-0.3, -0.25) is 4.98 Å². The minimum absolute atomic E-state index is 0.00648. The predicted octanol–water partition coefficient (Wildman–Crippen LogP) is 2.73. The number of rotatable bonds is 1. The molecule has 2 rings (SSSR count). The van der Waals surface area contributed by atoms with E-state index in [9.17, 15) is 9.18 Å². The zero-order valence-corrected chi connectivity index (χ0v) is 8.12. The second-order valence-corrected chi connectivity index (χ2v) is 3.30. The summed E-state index contributed by atoms with van der Waals surface area (Å²) in [5.74, 6) is -1.70. The first-order valence-corrected chi connectivity index (χ1v) is 4.45. The number of nitrogens with zero attached hydrogens (tertiary/aromatic N) is 1. The molecule has 2 aromatic rings. The summed E-state index contributed by atoms with van der Waals surface area (Å²) in [6.07, 6.45) is 1.05. The lowest BCUT2D eigenvalue weighted by Crippen LogP contribution is -1.99. The molecule has 0 unspecified atom stereocenters. The SMILES string of the molecule is O=C(O)c1cnc2c(F)cccc2c1Cl. The van der Waals surface area contributed by atoms with Crippen LogP contribution in [0.25, 0.3) is 10.9 Å². The van der Waals surface area contributed by atoms with Crippen molar-refractivity contribution in [1.29, 1.82) is 0 Å². The van der Waals surface area contributed by atoms with Gasteiger partial charge in [0.25, 0.3) is 0 Å². The maximum Gasteiger partial charge on any atom is 0.338 e. The number of hydrogen-bond donors (Lipinski definition) is 1. The van der Waals surface area contributed by atoms with Gasteiger partial charge in [0.1, 0.15) is 11.3 Å². The molecule has 15 heavy (non-hydrogen) atoms. The third-order valence-electron chi connectivity index (χ3n) is 2.01. The van der Waals surface area contributed by atoms with Gasteiger partial charge in [-0.15, -0.1) is 0 Å². The van der Waals surface area contributed by atoms with Gasteiger partial charge in [-0.1, -0.05) is 23.7 Å². The van der Waals surface area contributed by atoms with Crippen LogP contribution >= 0.6 is 11.6 Å². The van der Waals surface area contributed by atoms with Gasteiger partial charge < -0.3 is 5.11 Å². The van der Waals surface area contributed by atoms with Gasteiger partial charge in [0.15, 0.2) is 0 Å². The van der Waals surface area contributed by atoms with E-state index in [-0.39, 0.29) is 16.1 Å². The number of aromatic nitrogens is 1. The standard InChI is InChI=1S/C10H5ClFNO2/c11-8-5-2-1-3-7(12)9(5)13-4-6(8)10(14)15/h1-4H,(H,14,15). The summed E-state index contributed by atoms with van der Waals surface area (Å²) in [6, 6.07) is 4.23.